The maximum Gasteiger partial charge on any atom is 0.254 e. The van der Waals surface area contributed by atoms with Gasteiger partial charge in [-0.1, -0.05) is 19.8 Å². The predicted octanol–water partition coefficient (Wildman–Crippen LogP) is 3.25. The van der Waals surface area contributed by atoms with E-state index >= 15 is 0 Å². The SMILES string of the molecule is CC[C@H](OC1CCCC1)C(=O)Nc1cc(C)nn1-c1ccncc1. The van der Waals surface area contributed by atoms with Crippen molar-refractivity contribution in [1.82, 2.24) is 14.8 Å². The molecule has 1 atom stereocenters. The van der Waals surface area contributed by atoms with Crippen LogP contribution in [0.5, 0.6) is 0 Å². The third-order valence-corrected chi connectivity index (χ3v) is 4.31. The van der Waals surface area contributed by atoms with Crippen LogP contribution in [0.2, 0.25) is 0 Å². The zero-order chi connectivity index (χ0) is 16.9. The van der Waals surface area contributed by atoms with Crippen LogP contribution < -0.4 is 5.32 Å². The summed E-state index contributed by atoms with van der Waals surface area (Å²) in [6.45, 7) is 3.88. The molecule has 0 spiro atoms. The Morgan fingerprint density at radius 1 is 1.38 bits per heavy atom. The zero-order valence-corrected chi connectivity index (χ0v) is 14.2. The molecule has 2 heterocycles. The summed E-state index contributed by atoms with van der Waals surface area (Å²) in [5.74, 6) is 0.539. The molecule has 0 aliphatic heterocycles. The third-order valence-electron chi connectivity index (χ3n) is 4.31. The first-order valence-corrected chi connectivity index (χ1v) is 8.60. The van der Waals surface area contributed by atoms with Crippen LogP contribution >= 0.6 is 0 Å². The molecule has 1 saturated carbocycles. The summed E-state index contributed by atoms with van der Waals surface area (Å²) in [5, 5.41) is 7.43. The topological polar surface area (TPSA) is 69.0 Å². The van der Waals surface area contributed by atoms with Gasteiger partial charge in [-0.3, -0.25) is 9.78 Å². The molecule has 128 valence electrons. The maximum atomic E-state index is 12.6. The fraction of sp³-hybridized carbons (Fsp3) is 0.500. The van der Waals surface area contributed by atoms with Crippen LogP contribution in [0.1, 0.15) is 44.7 Å². The molecule has 2 aromatic heterocycles. The van der Waals surface area contributed by atoms with Crippen molar-refractivity contribution in [2.75, 3.05) is 5.32 Å². The molecule has 6 heteroatoms. The molecule has 1 aliphatic carbocycles. The highest BCUT2D eigenvalue weighted by Gasteiger charge is 2.25. The number of carbonyl (C=O) groups excluding carboxylic acids is 1. The van der Waals surface area contributed by atoms with Crippen LogP contribution in [-0.4, -0.2) is 32.9 Å². The number of rotatable bonds is 6. The van der Waals surface area contributed by atoms with Crippen LogP contribution in [0.15, 0.2) is 30.6 Å². The molecule has 6 nitrogen and oxygen atoms in total. The molecular weight excluding hydrogens is 304 g/mol. The molecule has 0 aromatic carbocycles. The number of hydrogen-bond donors (Lipinski definition) is 1. The van der Waals surface area contributed by atoms with Gasteiger partial charge in [-0.25, -0.2) is 4.68 Å². The van der Waals surface area contributed by atoms with Crippen molar-refractivity contribution < 1.29 is 9.53 Å². The highest BCUT2D eigenvalue weighted by atomic mass is 16.5. The Labute approximate surface area is 142 Å². The summed E-state index contributed by atoms with van der Waals surface area (Å²) in [6.07, 6.45) is 8.35. The van der Waals surface area contributed by atoms with Gasteiger partial charge in [-0.2, -0.15) is 5.10 Å². The zero-order valence-electron chi connectivity index (χ0n) is 14.2. The van der Waals surface area contributed by atoms with Gasteiger partial charge in [0.25, 0.3) is 5.91 Å². The number of anilines is 1. The summed E-state index contributed by atoms with van der Waals surface area (Å²) in [7, 11) is 0. The van der Waals surface area contributed by atoms with Gasteiger partial charge in [0.2, 0.25) is 0 Å². The second-order valence-corrected chi connectivity index (χ2v) is 6.22. The van der Waals surface area contributed by atoms with Gasteiger partial charge in [0, 0.05) is 18.5 Å². The van der Waals surface area contributed by atoms with Crippen LogP contribution in [0, 0.1) is 6.92 Å². The van der Waals surface area contributed by atoms with E-state index in [1.54, 1.807) is 17.1 Å². The van der Waals surface area contributed by atoms with Crippen molar-refractivity contribution in [3.8, 4) is 5.69 Å². The molecular formula is C18H24N4O2. The number of nitrogens with zero attached hydrogens (tertiary/aromatic N) is 3. The smallest absolute Gasteiger partial charge is 0.254 e. The monoisotopic (exact) mass is 328 g/mol. The molecule has 1 N–H and O–H groups in total. The van der Waals surface area contributed by atoms with Crippen molar-refractivity contribution in [2.45, 2.75) is 58.2 Å². The average Bonchev–Trinajstić information content (AvgIpc) is 3.23. The molecule has 0 unspecified atom stereocenters. The second-order valence-electron chi connectivity index (χ2n) is 6.22. The van der Waals surface area contributed by atoms with E-state index in [1.807, 2.05) is 32.0 Å². The Morgan fingerprint density at radius 3 is 2.75 bits per heavy atom. The normalized spacial score (nSPS) is 16.2. The fourth-order valence-electron chi connectivity index (χ4n) is 3.08. The van der Waals surface area contributed by atoms with Crippen LogP contribution in [0.3, 0.4) is 0 Å². The van der Waals surface area contributed by atoms with E-state index in [0.717, 1.165) is 24.2 Å². The number of aromatic nitrogens is 3. The second kappa shape index (κ2) is 7.57. The molecule has 3 rings (SSSR count). The first-order valence-electron chi connectivity index (χ1n) is 8.60. The van der Waals surface area contributed by atoms with Crippen molar-refractivity contribution in [3.63, 3.8) is 0 Å². The number of carbonyl (C=O) groups is 1. The standard InChI is InChI=1S/C18H24N4O2/c1-3-16(24-15-6-4-5-7-15)18(23)20-17-12-13(2)21-22(17)14-8-10-19-11-9-14/h8-12,15-16H,3-7H2,1-2H3,(H,20,23)/t16-/m0/s1. The summed E-state index contributed by atoms with van der Waals surface area (Å²) in [5.41, 5.74) is 1.70. The molecule has 0 bridgehead atoms. The average molecular weight is 328 g/mol. The third kappa shape index (κ3) is 3.82. The van der Waals surface area contributed by atoms with Crippen molar-refractivity contribution in [2.24, 2.45) is 0 Å². The van der Waals surface area contributed by atoms with E-state index in [4.69, 9.17) is 4.74 Å². The predicted molar refractivity (Wildman–Crippen MR) is 92.1 cm³/mol. The Balaban J connectivity index is 1.73. The van der Waals surface area contributed by atoms with Crippen molar-refractivity contribution in [3.05, 3.63) is 36.3 Å². The summed E-state index contributed by atoms with van der Waals surface area (Å²) in [6, 6.07) is 5.57. The lowest BCUT2D eigenvalue weighted by molar-refractivity contribution is -0.131. The van der Waals surface area contributed by atoms with Gasteiger partial charge in [-0.15, -0.1) is 0 Å². The molecule has 1 amide bonds. The molecule has 1 fully saturated rings. The quantitative estimate of drug-likeness (QED) is 0.884. The van der Waals surface area contributed by atoms with Crippen LogP contribution in [0.25, 0.3) is 5.69 Å². The van der Waals surface area contributed by atoms with E-state index in [9.17, 15) is 4.79 Å². The maximum absolute atomic E-state index is 12.6. The van der Waals surface area contributed by atoms with Crippen LogP contribution in [-0.2, 0) is 9.53 Å². The molecule has 24 heavy (non-hydrogen) atoms. The van der Waals surface area contributed by atoms with E-state index < -0.39 is 6.10 Å². The Bertz CT molecular complexity index is 678. The van der Waals surface area contributed by atoms with E-state index in [1.165, 1.54) is 12.8 Å². The first kappa shape index (κ1) is 16.6. The lowest BCUT2D eigenvalue weighted by Gasteiger charge is -2.20. The lowest BCUT2D eigenvalue weighted by atomic mass is 10.2. The first-order chi connectivity index (χ1) is 11.7. The van der Waals surface area contributed by atoms with E-state index in [-0.39, 0.29) is 12.0 Å². The summed E-state index contributed by atoms with van der Waals surface area (Å²) in [4.78, 5) is 16.7. The van der Waals surface area contributed by atoms with E-state index in [2.05, 4.69) is 15.4 Å². The number of aryl methyl sites for hydroxylation is 1. The minimum Gasteiger partial charge on any atom is -0.365 e. The largest absolute Gasteiger partial charge is 0.365 e. The Hall–Kier alpha value is -2.21. The highest BCUT2D eigenvalue weighted by molar-refractivity contribution is 5.93. The van der Waals surface area contributed by atoms with Gasteiger partial charge < -0.3 is 10.1 Å². The number of nitrogens with one attached hydrogen (secondary N) is 1. The molecule has 2 aromatic rings. The number of pyridine rings is 1. The van der Waals surface area contributed by atoms with Gasteiger partial charge in [0.15, 0.2) is 0 Å². The van der Waals surface area contributed by atoms with E-state index in [0.29, 0.717) is 12.2 Å². The van der Waals surface area contributed by atoms with Crippen molar-refractivity contribution in [1.29, 1.82) is 0 Å². The van der Waals surface area contributed by atoms with Gasteiger partial charge >= 0.3 is 0 Å². The van der Waals surface area contributed by atoms with Gasteiger partial charge in [-0.05, 0) is 38.3 Å². The molecule has 1 aliphatic rings. The van der Waals surface area contributed by atoms with Gasteiger partial charge in [0.05, 0.1) is 17.5 Å². The number of amides is 1. The highest BCUT2D eigenvalue weighted by Crippen LogP contribution is 2.24. The fourth-order valence-corrected chi connectivity index (χ4v) is 3.08. The summed E-state index contributed by atoms with van der Waals surface area (Å²) < 4.78 is 7.71. The Morgan fingerprint density at radius 2 is 2.08 bits per heavy atom. The molecule has 0 saturated heterocycles. The van der Waals surface area contributed by atoms with Gasteiger partial charge in [0.1, 0.15) is 11.9 Å². The number of ether oxygens (including phenoxy) is 1. The van der Waals surface area contributed by atoms with Crippen LogP contribution in [0.4, 0.5) is 5.82 Å². The minimum absolute atomic E-state index is 0.111. The van der Waals surface area contributed by atoms with Crippen molar-refractivity contribution >= 4 is 11.7 Å². The molecule has 0 radical (unpaired) electrons. The summed E-state index contributed by atoms with van der Waals surface area (Å²) >= 11 is 0. The lowest BCUT2D eigenvalue weighted by Crippen LogP contribution is -2.33. The number of hydrogen-bond acceptors (Lipinski definition) is 4. The minimum atomic E-state index is -0.422. The Kier molecular flexibility index (Phi) is 5.25.